The number of halogens is 1. The lowest BCUT2D eigenvalue weighted by molar-refractivity contribution is -0.385. The Bertz CT molecular complexity index is 484. The molecule has 1 aromatic carbocycles. The van der Waals surface area contributed by atoms with Gasteiger partial charge in [-0.25, -0.2) is 4.39 Å². The third kappa shape index (κ3) is 3.93. The highest BCUT2D eigenvalue weighted by Gasteiger charge is 2.24. The summed E-state index contributed by atoms with van der Waals surface area (Å²) >= 11 is 1.97. The number of hydrogen-bond acceptors (Lipinski definition) is 4. The molecule has 4 nitrogen and oxygen atoms in total. The molecule has 1 aromatic rings. The lowest BCUT2D eigenvalue weighted by Gasteiger charge is -2.13. The minimum absolute atomic E-state index is 0.0172. The first-order valence-electron chi connectivity index (χ1n) is 6.88. The molecular weight excluding hydrogens is 279 g/mol. The number of nitro groups is 1. The van der Waals surface area contributed by atoms with Crippen molar-refractivity contribution in [2.75, 3.05) is 5.75 Å². The van der Waals surface area contributed by atoms with Crippen molar-refractivity contribution in [3.8, 4) is 0 Å². The number of nitrogens with zero attached hydrogens (tertiary/aromatic N) is 1. The molecule has 20 heavy (non-hydrogen) atoms. The highest BCUT2D eigenvalue weighted by Crippen LogP contribution is 2.30. The molecule has 0 amide bonds. The van der Waals surface area contributed by atoms with E-state index in [9.17, 15) is 14.5 Å². The molecule has 0 bridgehead atoms. The van der Waals surface area contributed by atoms with E-state index in [4.69, 9.17) is 0 Å². The predicted octanol–water partition coefficient (Wildman–Crippen LogP) is 3.50. The first-order chi connectivity index (χ1) is 9.60. The molecule has 1 aliphatic carbocycles. The average Bonchev–Trinajstić information content (AvgIpc) is 2.84. The fourth-order valence-corrected chi connectivity index (χ4v) is 3.78. The van der Waals surface area contributed by atoms with Crippen LogP contribution in [0.15, 0.2) is 18.2 Å². The van der Waals surface area contributed by atoms with Gasteiger partial charge in [-0.1, -0.05) is 6.92 Å². The molecule has 0 saturated heterocycles. The van der Waals surface area contributed by atoms with Crippen LogP contribution in [0, 0.1) is 15.9 Å². The third-order valence-electron chi connectivity index (χ3n) is 3.61. The maximum absolute atomic E-state index is 13.2. The zero-order valence-corrected chi connectivity index (χ0v) is 12.3. The van der Waals surface area contributed by atoms with Crippen molar-refractivity contribution in [1.82, 2.24) is 5.32 Å². The number of hydrogen-bond donors (Lipinski definition) is 1. The quantitative estimate of drug-likeness (QED) is 0.645. The van der Waals surface area contributed by atoms with E-state index >= 15 is 0 Å². The molecule has 1 aliphatic rings. The highest BCUT2D eigenvalue weighted by molar-refractivity contribution is 7.99. The maximum Gasteiger partial charge on any atom is 0.274 e. The Morgan fingerprint density at radius 2 is 2.30 bits per heavy atom. The van der Waals surface area contributed by atoms with Gasteiger partial charge >= 0.3 is 0 Å². The molecule has 0 spiro atoms. The SMILES string of the molecule is CCSC1CCC(NCc2cc(F)ccc2[N+](=O)[O-])C1. The smallest absolute Gasteiger partial charge is 0.274 e. The summed E-state index contributed by atoms with van der Waals surface area (Å²) in [6.45, 7) is 2.50. The second-order valence-electron chi connectivity index (χ2n) is 5.00. The molecule has 0 radical (unpaired) electrons. The zero-order valence-electron chi connectivity index (χ0n) is 11.5. The van der Waals surface area contributed by atoms with E-state index in [1.807, 2.05) is 11.8 Å². The number of thioether (sulfide) groups is 1. The van der Waals surface area contributed by atoms with Crippen LogP contribution in [0.3, 0.4) is 0 Å². The molecule has 1 saturated carbocycles. The Morgan fingerprint density at radius 3 is 3.00 bits per heavy atom. The van der Waals surface area contributed by atoms with Gasteiger partial charge in [-0.2, -0.15) is 11.8 Å². The van der Waals surface area contributed by atoms with Gasteiger partial charge in [0.15, 0.2) is 0 Å². The average molecular weight is 298 g/mol. The molecule has 0 heterocycles. The molecule has 0 aromatic heterocycles. The zero-order chi connectivity index (χ0) is 14.5. The van der Waals surface area contributed by atoms with Gasteiger partial charge in [0, 0.05) is 29.5 Å². The normalized spacial score (nSPS) is 22.1. The first-order valence-corrected chi connectivity index (χ1v) is 7.92. The van der Waals surface area contributed by atoms with Crippen LogP contribution < -0.4 is 5.32 Å². The summed E-state index contributed by atoms with van der Waals surface area (Å²) in [6.07, 6.45) is 3.35. The van der Waals surface area contributed by atoms with Gasteiger partial charge in [-0.05, 0) is 37.1 Å². The molecule has 2 atom stereocenters. The van der Waals surface area contributed by atoms with Crippen LogP contribution in [0.4, 0.5) is 10.1 Å². The van der Waals surface area contributed by atoms with Crippen LogP contribution >= 0.6 is 11.8 Å². The van der Waals surface area contributed by atoms with Gasteiger partial charge in [0.05, 0.1) is 4.92 Å². The fraction of sp³-hybridized carbons (Fsp3) is 0.571. The molecule has 2 rings (SSSR count). The summed E-state index contributed by atoms with van der Waals surface area (Å²) in [5, 5.41) is 14.9. The highest BCUT2D eigenvalue weighted by atomic mass is 32.2. The van der Waals surface area contributed by atoms with Crippen molar-refractivity contribution >= 4 is 17.4 Å². The van der Waals surface area contributed by atoms with Crippen LogP contribution in [0.5, 0.6) is 0 Å². The largest absolute Gasteiger partial charge is 0.310 e. The van der Waals surface area contributed by atoms with E-state index in [1.54, 1.807) is 0 Å². The topological polar surface area (TPSA) is 55.2 Å². The molecule has 1 fully saturated rings. The van der Waals surface area contributed by atoms with Crippen LogP contribution in [0.25, 0.3) is 0 Å². The van der Waals surface area contributed by atoms with E-state index in [2.05, 4.69) is 12.2 Å². The second-order valence-corrected chi connectivity index (χ2v) is 6.58. The Balaban J connectivity index is 1.94. The van der Waals surface area contributed by atoms with Gasteiger partial charge in [0.1, 0.15) is 5.82 Å². The molecule has 110 valence electrons. The Kier molecular flexibility index (Phi) is 5.37. The Morgan fingerprint density at radius 1 is 1.50 bits per heavy atom. The van der Waals surface area contributed by atoms with Crippen LogP contribution in [0.2, 0.25) is 0 Å². The number of benzene rings is 1. The van der Waals surface area contributed by atoms with E-state index in [0.717, 1.165) is 24.7 Å². The number of rotatable bonds is 6. The Hall–Kier alpha value is -1.14. The molecule has 1 N–H and O–H groups in total. The molecule has 6 heteroatoms. The third-order valence-corrected chi connectivity index (χ3v) is 4.84. The summed E-state index contributed by atoms with van der Waals surface area (Å²) in [5.41, 5.74) is 0.401. The van der Waals surface area contributed by atoms with Crippen LogP contribution in [-0.4, -0.2) is 22.0 Å². The van der Waals surface area contributed by atoms with Crippen molar-refractivity contribution in [3.63, 3.8) is 0 Å². The summed E-state index contributed by atoms with van der Waals surface area (Å²) in [5.74, 6) is 0.686. The Labute approximate surface area is 122 Å². The van der Waals surface area contributed by atoms with Crippen LogP contribution in [0.1, 0.15) is 31.7 Å². The summed E-state index contributed by atoms with van der Waals surface area (Å²) in [4.78, 5) is 10.5. The van der Waals surface area contributed by atoms with Crippen molar-refractivity contribution in [2.24, 2.45) is 0 Å². The minimum atomic E-state index is -0.457. The molecule has 0 aliphatic heterocycles. The van der Waals surface area contributed by atoms with Crippen molar-refractivity contribution < 1.29 is 9.31 Å². The van der Waals surface area contributed by atoms with Crippen LogP contribution in [-0.2, 0) is 6.54 Å². The summed E-state index contributed by atoms with van der Waals surface area (Å²) in [6, 6.07) is 3.99. The lowest BCUT2D eigenvalue weighted by atomic mass is 10.1. The van der Waals surface area contributed by atoms with Crippen molar-refractivity contribution in [2.45, 2.75) is 44.0 Å². The second kappa shape index (κ2) is 7.04. The number of nitro benzene ring substituents is 1. The maximum atomic E-state index is 13.2. The standard InChI is InChI=1S/C14H19FN2O2S/c1-2-20-13-5-4-12(8-13)16-9-10-7-11(15)3-6-14(10)17(18)19/h3,6-7,12-13,16H,2,4-5,8-9H2,1H3. The van der Waals surface area contributed by atoms with E-state index < -0.39 is 10.7 Å². The van der Waals surface area contributed by atoms with Gasteiger partial charge in [-0.3, -0.25) is 10.1 Å². The van der Waals surface area contributed by atoms with Gasteiger partial charge in [0.2, 0.25) is 0 Å². The van der Waals surface area contributed by atoms with Gasteiger partial charge < -0.3 is 5.32 Å². The fourth-order valence-electron chi connectivity index (χ4n) is 2.64. The van der Waals surface area contributed by atoms with Crippen molar-refractivity contribution in [1.29, 1.82) is 0 Å². The first kappa shape index (κ1) is 15.3. The molecule has 2 unspecified atom stereocenters. The summed E-state index contributed by atoms with van der Waals surface area (Å²) < 4.78 is 13.2. The lowest BCUT2D eigenvalue weighted by Crippen LogP contribution is -2.26. The molecular formula is C14H19FN2O2S. The van der Waals surface area contributed by atoms with E-state index in [1.165, 1.54) is 18.6 Å². The van der Waals surface area contributed by atoms with Crippen molar-refractivity contribution in [3.05, 3.63) is 39.7 Å². The van der Waals surface area contributed by atoms with E-state index in [0.29, 0.717) is 23.4 Å². The van der Waals surface area contributed by atoms with E-state index in [-0.39, 0.29) is 5.69 Å². The van der Waals surface area contributed by atoms with Gasteiger partial charge in [0.25, 0.3) is 5.69 Å². The summed E-state index contributed by atoms with van der Waals surface area (Å²) in [7, 11) is 0. The van der Waals surface area contributed by atoms with Gasteiger partial charge in [-0.15, -0.1) is 0 Å². The minimum Gasteiger partial charge on any atom is -0.310 e. The predicted molar refractivity (Wildman–Crippen MR) is 79.5 cm³/mol. The number of nitrogens with one attached hydrogen (secondary N) is 1. The monoisotopic (exact) mass is 298 g/mol.